The van der Waals surface area contributed by atoms with Crippen molar-refractivity contribution in [2.75, 3.05) is 20.3 Å². The molecule has 1 aromatic heterocycles. The minimum Gasteiger partial charge on any atom is -0.491 e. The van der Waals surface area contributed by atoms with Gasteiger partial charge in [-0.3, -0.25) is 4.79 Å². The van der Waals surface area contributed by atoms with E-state index in [1.165, 1.54) is 7.11 Å². The summed E-state index contributed by atoms with van der Waals surface area (Å²) in [5.74, 6) is 0.535. The van der Waals surface area contributed by atoms with Crippen LogP contribution in [-0.4, -0.2) is 37.4 Å². The fourth-order valence-corrected chi connectivity index (χ4v) is 1.97. The SMILES string of the molecule is COC(=O)Cc1c[nH]c2ccc(OC[C@H]3CO3)cc12. The first-order valence-electron chi connectivity index (χ1n) is 6.17. The largest absolute Gasteiger partial charge is 0.491 e. The average molecular weight is 261 g/mol. The third-order valence-corrected chi connectivity index (χ3v) is 3.14. The second kappa shape index (κ2) is 4.93. The third-order valence-electron chi connectivity index (χ3n) is 3.14. The fourth-order valence-electron chi connectivity index (χ4n) is 1.97. The molecule has 1 aromatic carbocycles. The molecule has 0 saturated carbocycles. The zero-order valence-electron chi connectivity index (χ0n) is 10.6. The van der Waals surface area contributed by atoms with E-state index in [-0.39, 0.29) is 18.5 Å². The van der Waals surface area contributed by atoms with Crippen molar-refractivity contribution < 1.29 is 19.0 Å². The Morgan fingerprint density at radius 1 is 1.53 bits per heavy atom. The van der Waals surface area contributed by atoms with Gasteiger partial charge in [-0.15, -0.1) is 0 Å². The van der Waals surface area contributed by atoms with Crippen molar-refractivity contribution in [1.29, 1.82) is 0 Å². The number of carbonyl (C=O) groups excluding carboxylic acids is 1. The molecule has 0 radical (unpaired) electrons. The number of fused-ring (bicyclic) bond motifs is 1. The number of benzene rings is 1. The molecule has 5 nitrogen and oxygen atoms in total. The number of esters is 1. The standard InChI is InChI=1S/C14H15NO4/c1-17-14(16)4-9-6-15-13-3-2-10(5-12(9)13)18-7-11-8-19-11/h2-3,5-6,11,15H,4,7-8H2,1H3/t11-/m0/s1. The monoisotopic (exact) mass is 261 g/mol. The first-order chi connectivity index (χ1) is 9.26. The summed E-state index contributed by atoms with van der Waals surface area (Å²) in [5, 5.41) is 0.986. The number of aromatic amines is 1. The number of ether oxygens (including phenoxy) is 3. The number of H-pyrrole nitrogens is 1. The van der Waals surface area contributed by atoms with Crippen LogP contribution in [0, 0.1) is 0 Å². The predicted octanol–water partition coefficient (Wildman–Crippen LogP) is 1.66. The summed E-state index contributed by atoms with van der Waals surface area (Å²) in [4.78, 5) is 14.5. The number of rotatable bonds is 5. The summed E-state index contributed by atoms with van der Waals surface area (Å²) in [7, 11) is 1.39. The molecular formula is C14H15NO4. The van der Waals surface area contributed by atoms with Crippen molar-refractivity contribution in [1.82, 2.24) is 4.98 Å². The van der Waals surface area contributed by atoms with Gasteiger partial charge in [0, 0.05) is 17.1 Å². The molecule has 19 heavy (non-hydrogen) atoms. The maximum absolute atomic E-state index is 11.3. The van der Waals surface area contributed by atoms with Gasteiger partial charge in [-0.1, -0.05) is 0 Å². The van der Waals surface area contributed by atoms with Gasteiger partial charge in [-0.2, -0.15) is 0 Å². The van der Waals surface area contributed by atoms with Gasteiger partial charge in [0.15, 0.2) is 0 Å². The highest BCUT2D eigenvalue weighted by molar-refractivity contribution is 5.88. The van der Waals surface area contributed by atoms with Crippen molar-refractivity contribution in [3.8, 4) is 5.75 Å². The van der Waals surface area contributed by atoms with Crippen LogP contribution in [0.25, 0.3) is 10.9 Å². The summed E-state index contributed by atoms with van der Waals surface area (Å²) in [6.45, 7) is 1.35. The molecule has 1 N–H and O–H groups in total. The molecular weight excluding hydrogens is 246 g/mol. The smallest absolute Gasteiger partial charge is 0.310 e. The van der Waals surface area contributed by atoms with E-state index >= 15 is 0 Å². The molecule has 2 aromatic rings. The van der Waals surface area contributed by atoms with Crippen LogP contribution in [0.5, 0.6) is 5.75 Å². The Labute approximate surface area is 110 Å². The van der Waals surface area contributed by atoms with Crippen LogP contribution in [0.1, 0.15) is 5.56 Å². The highest BCUT2D eigenvalue weighted by Crippen LogP contribution is 2.25. The third kappa shape index (κ3) is 2.71. The van der Waals surface area contributed by atoms with Gasteiger partial charge in [-0.25, -0.2) is 0 Å². The lowest BCUT2D eigenvalue weighted by Crippen LogP contribution is -2.04. The molecule has 5 heteroatoms. The molecule has 0 amide bonds. The first kappa shape index (κ1) is 12.0. The van der Waals surface area contributed by atoms with E-state index < -0.39 is 0 Å². The average Bonchev–Trinajstić information content (AvgIpc) is 3.18. The van der Waals surface area contributed by atoms with Crippen LogP contribution in [0.3, 0.4) is 0 Å². The van der Waals surface area contributed by atoms with Gasteiger partial charge in [0.2, 0.25) is 0 Å². The van der Waals surface area contributed by atoms with Crippen LogP contribution in [0.15, 0.2) is 24.4 Å². The second-order valence-electron chi connectivity index (χ2n) is 4.54. The van der Waals surface area contributed by atoms with Crippen molar-refractivity contribution in [2.24, 2.45) is 0 Å². The molecule has 1 fully saturated rings. The van der Waals surface area contributed by atoms with Crippen molar-refractivity contribution in [3.63, 3.8) is 0 Å². The molecule has 100 valence electrons. The number of methoxy groups -OCH3 is 1. The number of carbonyl (C=O) groups is 1. The number of nitrogens with one attached hydrogen (secondary N) is 1. The Bertz CT molecular complexity index is 601. The number of hydrogen-bond donors (Lipinski definition) is 1. The molecule has 0 bridgehead atoms. The highest BCUT2D eigenvalue weighted by atomic mass is 16.6. The van der Waals surface area contributed by atoms with Crippen LogP contribution in [0.4, 0.5) is 0 Å². The number of hydrogen-bond acceptors (Lipinski definition) is 4. The fraction of sp³-hybridized carbons (Fsp3) is 0.357. The summed E-state index contributed by atoms with van der Waals surface area (Å²) < 4.78 is 15.4. The molecule has 0 aliphatic carbocycles. The Kier molecular flexibility index (Phi) is 3.13. The predicted molar refractivity (Wildman–Crippen MR) is 69.3 cm³/mol. The molecule has 1 aliphatic heterocycles. The van der Waals surface area contributed by atoms with Crippen LogP contribution in [-0.2, 0) is 20.7 Å². The lowest BCUT2D eigenvalue weighted by atomic mass is 10.1. The molecule has 1 atom stereocenters. The van der Waals surface area contributed by atoms with Crippen LogP contribution < -0.4 is 4.74 Å². The minimum absolute atomic E-state index is 0.233. The summed E-state index contributed by atoms with van der Waals surface area (Å²) >= 11 is 0. The quantitative estimate of drug-likeness (QED) is 0.656. The van der Waals surface area contributed by atoms with Gasteiger partial charge < -0.3 is 19.2 Å². The Hall–Kier alpha value is -2.01. The summed E-state index contributed by atoms with van der Waals surface area (Å²) in [6.07, 6.45) is 2.32. The lowest BCUT2D eigenvalue weighted by Gasteiger charge is -2.05. The zero-order valence-corrected chi connectivity index (χ0v) is 10.6. The normalized spacial score (nSPS) is 17.4. The van der Waals surface area contributed by atoms with E-state index in [1.807, 2.05) is 24.4 Å². The summed E-state index contributed by atoms with van der Waals surface area (Å²) in [5.41, 5.74) is 1.89. The number of aromatic nitrogens is 1. The molecule has 1 saturated heterocycles. The van der Waals surface area contributed by atoms with Gasteiger partial charge >= 0.3 is 5.97 Å². The van der Waals surface area contributed by atoms with Crippen LogP contribution >= 0.6 is 0 Å². The Morgan fingerprint density at radius 3 is 3.11 bits per heavy atom. The van der Waals surface area contributed by atoms with Crippen molar-refractivity contribution >= 4 is 16.9 Å². The highest BCUT2D eigenvalue weighted by Gasteiger charge is 2.23. The van der Waals surface area contributed by atoms with Gasteiger partial charge in [0.1, 0.15) is 18.5 Å². The molecule has 0 spiro atoms. The first-order valence-corrected chi connectivity index (χ1v) is 6.17. The molecule has 0 unspecified atom stereocenters. The van der Waals surface area contributed by atoms with E-state index in [0.29, 0.717) is 6.61 Å². The molecule has 1 aliphatic rings. The maximum Gasteiger partial charge on any atom is 0.310 e. The minimum atomic E-state index is -0.251. The van der Waals surface area contributed by atoms with E-state index in [0.717, 1.165) is 28.8 Å². The summed E-state index contributed by atoms with van der Waals surface area (Å²) in [6, 6.07) is 5.79. The van der Waals surface area contributed by atoms with Crippen molar-refractivity contribution in [3.05, 3.63) is 30.0 Å². The van der Waals surface area contributed by atoms with E-state index in [2.05, 4.69) is 9.72 Å². The lowest BCUT2D eigenvalue weighted by molar-refractivity contribution is -0.139. The van der Waals surface area contributed by atoms with Gasteiger partial charge in [0.05, 0.1) is 20.1 Å². The Morgan fingerprint density at radius 2 is 2.37 bits per heavy atom. The van der Waals surface area contributed by atoms with E-state index in [4.69, 9.17) is 9.47 Å². The number of epoxide rings is 1. The Balaban J connectivity index is 1.82. The van der Waals surface area contributed by atoms with Gasteiger partial charge in [-0.05, 0) is 23.8 Å². The zero-order chi connectivity index (χ0) is 13.2. The molecule has 3 rings (SSSR count). The molecule has 2 heterocycles. The van der Waals surface area contributed by atoms with Gasteiger partial charge in [0.25, 0.3) is 0 Å². The van der Waals surface area contributed by atoms with E-state index in [9.17, 15) is 4.79 Å². The topological polar surface area (TPSA) is 63.9 Å². The maximum atomic E-state index is 11.3. The van der Waals surface area contributed by atoms with E-state index in [1.54, 1.807) is 0 Å². The van der Waals surface area contributed by atoms with Crippen LogP contribution in [0.2, 0.25) is 0 Å². The second-order valence-corrected chi connectivity index (χ2v) is 4.54. The van der Waals surface area contributed by atoms with Crippen molar-refractivity contribution in [2.45, 2.75) is 12.5 Å².